The second-order valence-corrected chi connectivity index (χ2v) is 55.9. The maximum Gasteiger partial charge on any atom is 0.505 e. The van der Waals surface area contributed by atoms with E-state index in [1.807, 2.05) is 0 Å². The molecule has 0 unspecified atom stereocenters. The summed E-state index contributed by atoms with van der Waals surface area (Å²) < 4.78 is 45.5. The number of unbranched alkanes of at least 4 members (excludes halogenated alkanes) is 13. The summed E-state index contributed by atoms with van der Waals surface area (Å²) in [5, 5.41) is 2.34. The van der Waals surface area contributed by atoms with Gasteiger partial charge in [-0.1, -0.05) is 204 Å². The van der Waals surface area contributed by atoms with E-state index in [2.05, 4.69) is 167 Å². The molecular weight excluding hydrogens is 945 g/mol. The molecule has 0 amide bonds. The summed E-state index contributed by atoms with van der Waals surface area (Å²) in [7, 11) is -19.1. The zero-order chi connectivity index (χ0) is 49.4. The Labute approximate surface area is 418 Å². The van der Waals surface area contributed by atoms with Crippen molar-refractivity contribution in [3.05, 3.63) is 60.7 Å². The maximum absolute atomic E-state index is 7.64. The molecule has 0 saturated heterocycles. The molecule has 66 heavy (non-hydrogen) atoms. The second kappa shape index (κ2) is 30.1. The fourth-order valence-electron chi connectivity index (χ4n) is 9.26. The lowest BCUT2D eigenvalue weighted by Gasteiger charge is -2.45. The molecule has 0 fully saturated rings. The van der Waals surface area contributed by atoms with Crippen LogP contribution in [0.2, 0.25) is 115 Å². The third-order valence-electron chi connectivity index (χ3n) is 13.1. The van der Waals surface area contributed by atoms with Crippen LogP contribution in [0.3, 0.4) is 0 Å². The first-order valence-corrected chi connectivity index (χ1v) is 49.4. The van der Waals surface area contributed by atoms with Crippen LogP contribution in [0.4, 0.5) is 0 Å². The van der Waals surface area contributed by atoms with E-state index in [0.717, 1.165) is 36.3 Å². The fourth-order valence-corrected chi connectivity index (χ4v) is 43.1. The first kappa shape index (κ1) is 62.1. The molecular formula is C52H106O6Si8. The van der Waals surface area contributed by atoms with Gasteiger partial charge < -0.3 is 24.7 Å². The molecule has 382 valence electrons. The molecule has 2 aromatic rings. The molecule has 0 aromatic heterocycles. The number of rotatable bonds is 39. The van der Waals surface area contributed by atoms with Gasteiger partial charge in [0.15, 0.2) is 49.9 Å². The molecule has 0 spiro atoms. The van der Waals surface area contributed by atoms with Gasteiger partial charge >= 0.3 is 17.6 Å². The van der Waals surface area contributed by atoms with Gasteiger partial charge in [-0.15, -0.1) is 0 Å². The quantitative estimate of drug-likeness (QED) is 0.0491. The van der Waals surface area contributed by atoms with Gasteiger partial charge in [-0.25, -0.2) is 0 Å². The minimum absolute atomic E-state index is 1.13. The third kappa shape index (κ3) is 24.9. The molecule has 2 aromatic carbocycles. The molecule has 0 N–H and O–H groups in total. The summed E-state index contributed by atoms with van der Waals surface area (Å²) in [4.78, 5) is 0. The molecule has 0 aliphatic heterocycles. The van der Waals surface area contributed by atoms with Crippen LogP contribution in [0, 0.1) is 0 Å². The van der Waals surface area contributed by atoms with E-state index in [9.17, 15) is 0 Å². The lowest BCUT2D eigenvalue weighted by atomic mass is 10.1. The normalized spacial score (nSPS) is 13.8. The lowest BCUT2D eigenvalue weighted by molar-refractivity contribution is 0.264. The summed E-state index contributed by atoms with van der Waals surface area (Å²) in [6.45, 7) is 38.2. The third-order valence-corrected chi connectivity index (χ3v) is 44.2. The highest BCUT2D eigenvalue weighted by atomic mass is 28.5. The number of hydrogen-bond acceptors (Lipinski definition) is 6. The van der Waals surface area contributed by atoms with Crippen molar-refractivity contribution in [2.75, 3.05) is 0 Å². The van der Waals surface area contributed by atoms with Crippen molar-refractivity contribution in [3.63, 3.8) is 0 Å². The summed E-state index contributed by atoms with van der Waals surface area (Å²) in [5.41, 5.74) is 0. The van der Waals surface area contributed by atoms with Gasteiger partial charge in [0.2, 0.25) is 0 Å². The molecule has 14 heteroatoms. The van der Waals surface area contributed by atoms with Crippen LogP contribution < -0.4 is 10.4 Å². The van der Waals surface area contributed by atoms with Crippen molar-refractivity contribution in [2.45, 2.75) is 258 Å². The Kier molecular flexibility index (Phi) is 28.3. The number of hydrogen-bond donors (Lipinski definition) is 0. The highest BCUT2D eigenvalue weighted by molar-refractivity contribution is 6.97. The molecule has 6 nitrogen and oxygen atoms in total. The Morgan fingerprint density at radius 1 is 0.258 bits per heavy atom. The molecule has 0 aliphatic rings. The first-order chi connectivity index (χ1) is 30.9. The van der Waals surface area contributed by atoms with Crippen LogP contribution in [0.5, 0.6) is 0 Å². The van der Waals surface area contributed by atoms with E-state index in [-0.39, 0.29) is 0 Å². The summed E-state index contributed by atoms with van der Waals surface area (Å²) >= 11 is 0. The summed E-state index contributed by atoms with van der Waals surface area (Å²) in [6, 6.07) is 28.7. The molecule has 2 rings (SSSR count). The van der Waals surface area contributed by atoms with Crippen LogP contribution in [0.1, 0.15) is 143 Å². The Hall–Kier alpha value is -0.0649. The number of benzene rings is 2. The van der Waals surface area contributed by atoms with Crippen LogP contribution in [0.15, 0.2) is 60.7 Å². The van der Waals surface area contributed by atoms with E-state index in [0.29, 0.717) is 0 Å². The van der Waals surface area contributed by atoms with E-state index in [1.165, 1.54) is 126 Å². The van der Waals surface area contributed by atoms with Gasteiger partial charge in [0, 0.05) is 10.4 Å². The van der Waals surface area contributed by atoms with Gasteiger partial charge in [-0.2, -0.15) is 0 Å². The zero-order valence-electron chi connectivity index (χ0n) is 46.2. The van der Waals surface area contributed by atoms with Crippen molar-refractivity contribution in [3.8, 4) is 0 Å². The average Bonchev–Trinajstić information content (AvgIpc) is 3.21. The van der Waals surface area contributed by atoms with Crippen molar-refractivity contribution < 1.29 is 24.7 Å². The highest BCUT2D eigenvalue weighted by Gasteiger charge is 2.55. The van der Waals surface area contributed by atoms with E-state index >= 15 is 0 Å². The van der Waals surface area contributed by atoms with Crippen molar-refractivity contribution in [1.29, 1.82) is 0 Å². The van der Waals surface area contributed by atoms with Gasteiger partial charge in [0.1, 0.15) is 0 Å². The molecule has 0 saturated carbocycles. The van der Waals surface area contributed by atoms with E-state index < -0.39 is 67.5 Å². The summed E-state index contributed by atoms with van der Waals surface area (Å²) in [6.07, 6.45) is 22.2. The second-order valence-electron chi connectivity index (χ2n) is 23.5. The topological polar surface area (TPSA) is 55.4 Å². The first-order valence-electron chi connectivity index (χ1n) is 27.2. The Morgan fingerprint density at radius 3 is 0.636 bits per heavy atom. The predicted octanol–water partition coefficient (Wildman–Crippen LogP) is 17.1. The molecule has 0 bridgehead atoms. The molecule has 0 heterocycles. The van der Waals surface area contributed by atoms with Crippen molar-refractivity contribution in [1.82, 2.24) is 0 Å². The van der Waals surface area contributed by atoms with Crippen LogP contribution in [-0.4, -0.2) is 67.5 Å². The van der Waals surface area contributed by atoms with E-state index in [4.69, 9.17) is 24.7 Å². The lowest BCUT2D eigenvalue weighted by Crippen LogP contribution is -2.68. The minimum Gasteiger partial charge on any atom is -0.413 e. The highest BCUT2D eigenvalue weighted by Crippen LogP contribution is 2.34. The Bertz CT molecular complexity index is 1400. The van der Waals surface area contributed by atoms with Crippen molar-refractivity contribution >= 4 is 77.9 Å². The summed E-state index contributed by atoms with van der Waals surface area (Å²) in [5.74, 6) is 0. The Morgan fingerprint density at radius 2 is 0.439 bits per heavy atom. The van der Waals surface area contributed by atoms with Crippen LogP contribution >= 0.6 is 0 Å². The van der Waals surface area contributed by atoms with Gasteiger partial charge in [0.05, 0.1) is 0 Å². The fraction of sp³-hybridized carbons (Fsp3) is 0.769. The molecule has 0 radical (unpaired) electrons. The van der Waals surface area contributed by atoms with Crippen LogP contribution in [-0.2, 0) is 24.7 Å². The minimum atomic E-state index is -3.22. The predicted molar refractivity (Wildman–Crippen MR) is 310 cm³/mol. The molecule has 0 atom stereocenters. The largest absolute Gasteiger partial charge is 0.505 e. The van der Waals surface area contributed by atoms with Crippen LogP contribution in [0.25, 0.3) is 0 Å². The Balaban J connectivity index is 2.19. The molecule has 0 aliphatic carbocycles. The van der Waals surface area contributed by atoms with Crippen molar-refractivity contribution in [2.24, 2.45) is 0 Å². The van der Waals surface area contributed by atoms with Gasteiger partial charge in [-0.05, 0) is 115 Å². The average molecular weight is 1050 g/mol. The van der Waals surface area contributed by atoms with E-state index in [1.54, 1.807) is 0 Å². The SMILES string of the molecule is CCCCC[Si](C)(C)O[Si](O[Si](C)(C)CCCCC)(O[Si](C)(C)CCCCCCCC[Si](C)(C)O[Si](O[Si](C)(C)CCCCC)(O[Si](C)(C)CCCCC)c1ccccc1)c1ccccc1. The maximum atomic E-state index is 7.64. The zero-order valence-corrected chi connectivity index (χ0v) is 54.2. The van der Waals surface area contributed by atoms with Gasteiger partial charge in [-0.3, -0.25) is 0 Å². The smallest absolute Gasteiger partial charge is 0.413 e. The standard InChI is InChI=1S/C52H106O6Si8/c1-17-21-35-45-59(5,6)53-65(51-41-31-29-32-42-51,54-60(7,8)46-36-22-18-2)57-63(13,14)49-39-27-25-26-28-40-50-64(15,16)58-66(52-43-33-30-34-44-52,55-61(9,10)47-37-23-19-3)56-62(11,12)48-38-24-20-4/h29-34,41-44H,17-28,35-40,45-50H2,1-16H3. The monoisotopic (exact) mass is 1050 g/mol. The van der Waals surface area contributed by atoms with Gasteiger partial charge in [0.25, 0.3) is 0 Å².